The highest BCUT2D eigenvalue weighted by Gasteiger charge is 2.45. The van der Waals surface area contributed by atoms with E-state index in [1.807, 2.05) is 11.8 Å². The summed E-state index contributed by atoms with van der Waals surface area (Å²) in [5, 5.41) is 3.54. The lowest BCUT2D eigenvalue weighted by Crippen LogP contribution is -2.28. The Morgan fingerprint density at radius 3 is 3.36 bits per heavy atom. The summed E-state index contributed by atoms with van der Waals surface area (Å²) in [5.74, 6) is 2.39. The lowest BCUT2D eigenvalue weighted by atomic mass is 9.83. The van der Waals surface area contributed by atoms with E-state index >= 15 is 0 Å². The molecule has 2 heteroatoms. The van der Waals surface area contributed by atoms with Gasteiger partial charge in [-0.05, 0) is 37.0 Å². The largest absolute Gasteiger partial charge is 0.316 e. The molecular weight excluding hydrogens is 154 g/mol. The van der Waals surface area contributed by atoms with E-state index in [1.54, 1.807) is 0 Å². The van der Waals surface area contributed by atoms with Crippen molar-refractivity contribution in [1.29, 1.82) is 0 Å². The summed E-state index contributed by atoms with van der Waals surface area (Å²) >= 11 is 2.03. The molecule has 2 rings (SSSR count). The average Bonchev–Trinajstić information content (AvgIpc) is 2.45. The van der Waals surface area contributed by atoms with Gasteiger partial charge in [-0.15, -0.1) is 0 Å². The van der Waals surface area contributed by atoms with Gasteiger partial charge in [0.15, 0.2) is 0 Å². The molecule has 0 aromatic rings. The van der Waals surface area contributed by atoms with Crippen molar-refractivity contribution in [3.05, 3.63) is 0 Å². The first kappa shape index (κ1) is 7.93. The Labute approximate surface area is 73.3 Å². The summed E-state index contributed by atoms with van der Waals surface area (Å²) in [6.07, 6.45) is 6.68. The van der Waals surface area contributed by atoms with Gasteiger partial charge in [-0.25, -0.2) is 0 Å². The molecule has 0 radical (unpaired) electrons. The zero-order chi connectivity index (χ0) is 7.73. The average molecular weight is 171 g/mol. The van der Waals surface area contributed by atoms with Crippen LogP contribution in [0.5, 0.6) is 0 Å². The highest BCUT2D eigenvalue weighted by Crippen LogP contribution is 2.47. The van der Waals surface area contributed by atoms with E-state index in [2.05, 4.69) is 11.6 Å². The fourth-order valence-corrected chi connectivity index (χ4v) is 3.84. The van der Waals surface area contributed by atoms with E-state index in [9.17, 15) is 0 Å². The van der Waals surface area contributed by atoms with Crippen LogP contribution < -0.4 is 5.32 Å². The molecule has 64 valence electrons. The van der Waals surface area contributed by atoms with E-state index < -0.39 is 0 Å². The predicted molar refractivity (Wildman–Crippen MR) is 51.0 cm³/mol. The Hall–Kier alpha value is 0.310. The third-order valence-corrected chi connectivity index (χ3v) is 4.26. The second-order valence-corrected chi connectivity index (χ2v) is 4.88. The zero-order valence-electron chi connectivity index (χ0n) is 7.23. The Bertz CT molecular complexity index is 136. The number of thioether (sulfide) groups is 1. The van der Waals surface area contributed by atoms with Crippen LogP contribution in [0.25, 0.3) is 0 Å². The molecule has 0 spiro atoms. The molecule has 1 saturated carbocycles. The summed E-state index contributed by atoms with van der Waals surface area (Å²) in [4.78, 5) is 0. The molecule has 0 amide bonds. The SMILES string of the molecule is CSCC12CCCC1CNC2. The minimum atomic E-state index is 0.708. The minimum Gasteiger partial charge on any atom is -0.316 e. The van der Waals surface area contributed by atoms with Gasteiger partial charge in [-0.3, -0.25) is 0 Å². The molecule has 1 N–H and O–H groups in total. The van der Waals surface area contributed by atoms with Crippen molar-refractivity contribution in [2.45, 2.75) is 19.3 Å². The van der Waals surface area contributed by atoms with Gasteiger partial charge in [0.2, 0.25) is 0 Å². The highest BCUT2D eigenvalue weighted by molar-refractivity contribution is 7.98. The maximum Gasteiger partial charge on any atom is 0.00190 e. The van der Waals surface area contributed by atoms with Gasteiger partial charge in [0, 0.05) is 12.3 Å². The molecule has 0 aromatic heterocycles. The maximum atomic E-state index is 3.54. The predicted octanol–water partition coefficient (Wildman–Crippen LogP) is 1.74. The van der Waals surface area contributed by atoms with Gasteiger partial charge < -0.3 is 5.32 Å². The number of fused-ring (bicyclic) bond motifs is 1. The summed E-state index contributed by atoms with van der Waals surface area (Å²) < 4.78 is 0. The summed E-state index contributed by atoms with van der Waals surface area (Å²) in [5.41, 5.74) is 0.708. The van der Waals surface area contributed by atoms with E-state index in [1.165, 1.54) is 38.1 Å². The highest BCUT2D eigenvalue weighted by atomic mass is 32.2. The minimum absolute atomic E-state index is 0.708. The van der Waals surface area contributed by atoms with Crippen LogP contribution >= 0.6 is 11.8 Å². The topological polar surface area (TPSA) is 12.0 Å². The molecule has 11 heavy (non-hydrogen) atoms. The van der Waals surface area contributed by atoms with Crippen LogP contribution in [-0.4, -0.2) is 25.1 Å². The van der Waals surface area contributed by atoms with Crippen LogP contribution in [0.2, 0.25) is 0 Å². The van der Waals surface area contributed by atoms with E-state index in [-0.39, 0.29) is 0 Å². The van der Waals surface area contributed by atoms with Gasteiger partial charge in [0.1, 0.15) is 0 Å². The Kier molecular flexibility index (Phi) is 2.15. The third kappa shape index (κ3) is 1.20. The standard InChI is InChI=1S/C9H17NS/c1-11-7-9-4-2-3-8(9)5-10-6-9/h8,10H,2-7H2,1H3. The van der Waals surface area contributed by atoms with Crippen molar-refractivity contribution in [2.75, 3.05) is 25.1 Å². The van der Waals surface area contributed by atoms with Crippen molar-refractivity contribution < 1.29 is 0 Å². The summed E-state index contributed by atoms with van der Waals surface area (Å²) in [6, 6.07) is 0. The van der Waals surface area contributed by atoms with Gasteiger partial charge in [0.25, 0.3) is 0 Å². The molecule has 2 atom stereocenters. The van der Waals surface area contributed by atoms with E-state index in [4.69, 9.17) is 0 Å². The van der Waals surface area contributed by atoms with E-state index in [0.717, 1.165) is 5.92 Å². The second-order valence-electron chi connectivity index (χ2n) is 4.02. The van der Waals surface area contributed by atoms with Gasteiger partial charge >= 0.3 is 0 Å². The molecule has 2 unspecified atom stereocenters. The van der Waals surface area contributed by atoms with Crippen molar-refractivity contribution in [1.82, 2.24) is 5.32 Å². The molecular formula is C9H17NS. The quantitative estimate of drug-likeness (QED) is 0.679. The number of rotatable bonds is 2. The molecule has 1 aliphatic carbocycles. The van der Waals surface area contributed by atoms with Crippen molar-refractivity contribution in [3.63, 3.8) is 0 Å². The molecule has 0 bridgehead atoms. The maximum absolute atomic E-state index is 3.54. The van der Waals surface area contributed by atoms with Gasteiger partial charge in [-0.2, -0.15) is 11.8 Å². The number of hydrogen-bond donors (Lipinski definition) is 1. The van der Waals surface area contributed by atoms with Crippen molar-refractivity contribution >= 4 is 11.8 Å². The lowest BCUT2D eigenvalue weighted by Gasteiger charge is -2.26. The molecule has 1 saturated heterocycles. The first-order valence-electron chi connectivity index (χ1n) is 4.57. The van der Waals surface area contributed by atoms with Crippen molar-refractivity contribution in [2.24, 2.45) is 11.3 Å². The van der Waals surface area contributed by atoms with Crippen LogP contribution in [0, 0.1) is 11.3 Å². The first-order valence-corrected chi connectivity index (χ1v) is 5.96. The van der Waals surface area contributed by atoms with Gasteiger partial charge in [0.05, 0.1) is 0 Å². The fraction of sp³-hybridized carbons (Fsp3) is 1.00. The third-order valence-electron chi connectivity index (χ3n) is 3.39. The molecule has 1 heterocycles. The zero-order valence-corrected chi connectivity index (χ0v) is 8.04. The summed E-state index contributed by atoms with van der Waals surface area (Å²) in [7, 11) is 0. The smallest absolute Gasteiger partial charge is 0.00190 e. The van der Waals surface area contributed by atoms with Crippen LogP contribution in [0.15, 0.2) is 0 Å². The molecule has 1 nitrogen and oxygen atoms in total. The van der Waals surface area contributed by atoms with Crippen LogP contribution in [-0.2, 0) is 0 Å². The normalized spacial score (nSPS) is 42.8. The second kappa shape index (κ2) is 2.98. The monoisotopic (exact) mass is 171 g/mol. The van der Waals surface area contributed by atoms with Gasteiger partial charge in [-0.1, -0.05) is 6.42 Å². The fourth-order valence-electron chi connectivity index (χ4n) is 2.79. The Balaban J connectivity index is 2.07. The number of hydrogen-bond acceptors (Lipinski definition) is 2. The van der Waals surface area contributed by atoms with E-state index in [0.29, 0.717) is 5.41 Å². The first-order chi connectivity index (χ1) is 5.37. The summed E-state index contributed by atoms with van der Waals surface area (Å²) in [6.45, 7) is 2.58. The lowest BCUT2D eigenvalue weighted by molar-refractivity contribution is 0.315. The van der Waals surface area contributed by atoms with Crippen molar-refractivity contribution in [3.8, 4) is 0 Å². The number of nitrogens with one attached hydrogen (secondary N) is 1. The molecule has 0 aromatic carbocycles. The van der Waals surface area contributed by atoms with Crippen LogP contribution in [0.1, 0.15) is 19.3 Å². The van der Waals surface area contributed by atoms with Crippen LogP contribution in [0.3, 0.4) is 0 Å². The molecule has 1 aliphatic heterocycles. The Morgan fingerprint density at radius 2 is 2.55 bits per heavy atom. The molecule has 2 aliphatic rings. The Morgan fingerprint density at radius 1 is 1.64 bits per heavy atom. The van der Waals surface area contributed by atoms with Crippen LogP contribution in [0.4, 0.5) is 0 Å². The molecule has 2 fully saturated rings.